The molecule has 23 heavy (non-hydrogen) atoms. The Balaban J connectivity index is 2.29. The van der Waals surface area contributed by atoms with Crippen LogP contribution >= 0.6 is 15.9 Å². The highest BCUT2D eigenvalue weighted by molar-refractivity contribution is 9.10. The molecule has 0 unspecified atom stereocenters. The average Bonchev–Trinajstić information content (AvgIpc) is 2.50. The number of hydrogen-bond donors (Lipinski definition) is 2. The molecule has 0 aliphatic heterocycles. The van der Waals surface area contributed by atoms with Crippen LogP contribution in [0.2, 0.25) is 0 Å². The van der Waals surface area contributed by atoms with Crippen molar-refractivity contribution in [3.05, 3.63) is 40.1 Å². The van der Waals surface area contributed by atoms with E-state index in [4.69, 9.17) is 15.7 Å². The van der Waals surface area contributed by atoms with Crippen molar-refractivity contribution < 1.29 is 9.94 Å². The minimum atomic E-state index is -0.524. The first-order chi connectivity index (χ1) is 11.0. The molecule has 0 spiro atoms. The van der Waals surface area contributed by atoms with E-state index in [0.717, 1.165) is 32.6 Å². The molecule has 1 aliphatic rings. The Morgan fingerprint density at radius 2 is 2.09 bits per heavy atom. The van der Waals surface area contributed by atoms with Gasteiger partial charge in [-0.05, 0) is 26.0 Å². The zero-order chi connectivity index (χ0) is 16.6. The van der Waals surface area contributed by atoms with Crippen molar-refractivity contribution in [3.8, 4) is 11.3 Å². The van der Waals surface area contributed by atoms with Crippen LogP contribution in [0.4, 0.5) is 5.82 Å². The van der Waals surface area contributed by atoms with E-state index in [9.17, 15) is 0 Å². The molecular formula is C16H17BrN4O2. The molecule has 120 valence electrons. The lowest BCUT2D eigenvalue weighted by molar-refractivity contribution is 0.0975. The van der Waals surface area contributed by atoms with E-state index in [0.29, 0.717) is 5.82 Å². The molecule has 0 fully saturated rings. The van der Waals surface area contributed by atoms with Crippen LogP contribution in [0.1, 0.15) is 25.0 Å². The summed E-state index contributed by atoms with van der Waals surface area (Å²) in [7, 11) is 0. The summed E-state index contributed by atoms with van der Waals surface area (Å²) in [5, 5.41) is 13.2. The van der Waals surface area contributed by atoms with Crippen molar-refractivity contribution in [3.63, 3.8) is 0 Å². The fraction of sp³-hybridized carbons (Fsp3) is 0.312. The number of halogens is 1. The maximum atomic E-state index is 8.93. The number of aliphatic hydroxyl groups is 1. The lowest BCUT2D eigenvalue weighted by atomic mass is 9.70. The molecule has 0 saturated heterocycles. The van der Waals surface area contributed by atoms with Crippen LogP contribution in [0.15, 0.2) is 34.2 Å². The van der Waals surface area contributed by atoms with E-state index < -0.39 is 5.41 Å². The van der Waals surface area contributed by atoms with Gasteiger partial charge in [-0.2, -0.15) is 0 Å². The Bertz CT molecular complexity index is 790. The minimum absolute atomic E-state index is 0.0929. The molecule has 1 heterocycles. The number of nitrogens with zero attached hydrogens (tertiary/aromatic N) is 3. The number of nitrogens with two attached hydrogens (primary N) is 1. The van der Waals surface area contributed by atoms with Gasteiger partial charge in [-0.25, -0.2) is 9.97 Å². The first-order valence-electron chi connectivity index (χ1n) is 7.19. The Labute approximate surface area is 142 Å². The molecule has 0 radical (unpaired) electrons. The van der Waals surface area contributed by atoms with E-state index in [-0.39, 0.29) is 13.2 Å². The van der Waals surface area contributed by atoms with Crippen molar-refractivity contribution in [1.29, 1.82) is 0 Å². The number of benzene rings is 1. The Morgan fingerprint density at radius 3 is 2.83 bits per heavy atom. The summed E-state index contributed by atoms with van der Waals surface area (Å²) in [4.78, 5) is 13.8. The number of anilines is 1. The molecule has 1 aliphatic carbocycles. The molecule has 3 rings (SSSR count). The Morgan fingerprint density at radius 1 is 1.30 bits per heavy atom. The van der Waals surface area contributed by atoms with Crippen molar-refractivity contribution in [1.82, 2.24) is 9.97 Å². The van der Waals surface area contributed by atoms with Crippen LogP contribution in [0.3, 0.4) is 0 Å². The van der Waals surface area contributed by atoms with Gasteiger partial charge in [-0.15, -0.1) is 0 Å². The van der Waals surface area contributed by atoms with E-state index in [1.165, 1.54) is 6.33 Å². The maximum absolute atomic E-state index is 8.93. The SMILES string of the molecule is CC1(C)/C(=N/OCCO)c2cc(Br)ccc2-c2ncnc(N)c21. The van der Waals surface area contributed by atoms with Gasteiger partial charge in [0, 0.05) is 26.6 Å². The molecule has 0 atom stereocenters. The van der Waals surface area contributed by atoms with E-state index >= 15 is 0 Å². The first-order valence-corrected chi connectivity index (χ1v) is 7.98. The molecule has 6 nitrogen and oxygen atoms in total. The second-order valence-corrected chi connectivity index (χ2v) is 6.71. The summed E-state index contributed by atoms with van der Waals surface area (Å²) in [6, 6.07) is 5.91. The average molecular weight is 377 g/mol. The normalized spacial score (nSPS) is 16.8. The number of aromatic nitrogens is 2. The Hall–Kier alpha value is -1.99. The molecule has 0 bridgehead atoms. The third-order valence-electron chi connectivity index (χ3n) is 3.92. The van der Waals surface area contributed by atoms with Gasteiger partial charge in [-0.1, -0.05) is 27.2 Å². The Kier molecular flexibility index (Phi) is 4.08. The summed E-state index contributed by atoms with van der Waals surface area (Å²) in [5.41, 5.74) is 9.84. The van der Waals surface area contributed by atoms with Crippen LogP contribution in [0.25, 0.3) is 11.3 Å². The summed E-state index contributed by atoms with van der Waals surface area (Å²) in [6.45, 7) is 4.06. The molecule has 1 aromatic heterocycles. The molecule has 7 heteroatoms. The fourth-order valence-corrected chi connectivity index (χ4v) is 3.27. The van der Waals surface area contributed by atoms with Gasteiger partial charge in [0.15, 0.2) is 0 Å². The van der Waals surface area contributed by atoms with Gasteiger partial charge in [0.1, 0.15) is 18.8 Å². The molecule has 2 aromatic rings. The number of rotatable bonds is 3. The second kappa shape index (κ2) is 5.90. The highest BCUT2D eigenvalue weighted by Crippen LogP contribution is 2.44. The first kappa shape index (κ1) is 15.9. The zero-order valence-corrected chi connectivity index (χ0v) is 14.5. The van der Waals surface area contributed by atoms with E-state index in [1.54, 1.807) is 0 Å². The number of fused-ring (bicyclic) bond motifs is 3. The number of nitrogen functional groups attached to an aromatic ring is 1. The summed E-state index contributed by atoms with van der Waals surface area (Å²) < 4.78 is 0.937. The number of hydrogen-bond acceptors (Lipinski definition) is 6. The van der Waals surface area contributed by atoms with Gasteiger partial charge >= 0.3 is 0 Å². The van der Waals surface area contributed by atoms with Gasteiger partial charge in [0.2, 0.25) is 0 Å². The minimum Gasteiger partial charge on any atom is -0.393 e. The topological polar surface area (TPSA) is 93.6 Å². The highest BCUT2D eigenvalue weighted by Gasteiger charge is 2.40. The molecule has 0 amide bonds. The van der Waals surface area contributed by atoms with Gasteiger partial charge in [0.25, 0.3) is 0 Å². The van der Waals surface area contributed by atoms with Crippen LogP contribution in [-0.4, -0.2) is 34.0 Å². The second-order valence-electron chi connectivity index (χ2n) is 5.79. The van der Waals surface area contributed by atoms with Gasteiger partial charge in [0.05, 0.1) is 18.0 Å². The molecule has 3 N–H and O–H groups in total. The van der Waals surface area contributed by atoms with Crippen LogP contribution in [0.5, 0.6) is 0 Å². The standard InChI is InChI=1S/C16H17BrN4O2/c1-16(2)12-13(19-8-20-15(12)18)10-4-3-9(17)7-11(10)14(16)21-23-6-5-22/h3-4,7-8,22H,5-6H2,1-2H3,(H2,18,19,20)/b21-14+. The third kappa shape index (κ3) is 2.60. The predicted octanol–water partition coefficient (Wildman–Crippen LogP) is 2.49. The largest absolute Gasteiger partial charge is 0.393 e. The summed E-state index contributed by atoms with van der Waals surface area (Å²) in [5.74, 6) is 0.434. The quantitative estimate of drug-likeness (QED) is 0.633. The fourth-order valence-electron chi connectivity index (χ4n) is 2.91. The monoisotopic (exact) mass is 376 g/mol. The summed E-state index contributed by atoms with van der Waals surface area (Å²) >= 11 is 3.50. The van der Waals surface area contributed by atoms with Crippen LogP contribution < -0.4 is 5.73 Å². The zero-order valence-electron chi connectivity index (χ0n) is 12.9. The molecule has 0 saturated carbocycles. The van der Waals surface area contributed by atoms with Crippen molar-refractivity contribution >= 4 is 27.5 Å². The van der Waals surface area contributed by atoms with Crippen LogP contribution in [0, 0.1) is 0 Å². The van der Waals surface area contributed by atoms with E-state index in [2.05, 4.69) is 31.1 Å². The lowest BCUT2D eigenvalue weighted by Crippen LogP contribution is -2.36. The van der Waals surface area contributed by atoms with Crippen molar-refractivity contribution in [2.24, 2.45) is 5.16 Å². The van der Waals surface area contributed by atoms with Crippen LogP contribution in [-0.2, 0) is 10.3 Å². The third-order valence-corrected chi connectivity index (χ3v) is 4.42. The summed E-state index contributed by atoms with van der Waals surface area (Å²) in [6.07, 6.45) is 1.47. The smallest absolute Gasteiger partial charge is 0.140 e. The highest BCUT2D eigenvalue weighted by atomic mass is 79.9. The predicted molar refractivity (Wildman–Crippen MR) is 92.2 cm³/mol. The number of oxime groups is 1. The van der Waals surface area contributed by atoms with Crippen molar-refractivity contribution in [2.75, 3.05) is 18.9 Å². The maximum Gasteiger partial charge on any atom is 0.140 e. The van der Waals surface area contributed by atoms with Crippen molar-refractivity contribution in [2.45, 2.75) is 19.3 Å². The molecular weight excluding hydrogens is 360 g/mol. The van der Waals surface area contributed by atoms with Gasteiger partial charge in [-0.3, -0.25) is 0 Å². The van der Waals surface area contributed by atoms with E-state index in [1.807, 2.05) is 32.0 Å². The number of aliphatic hydroxyl groups excluding tert-OH is 1. The molecule has 1 aromatic carbocycles. The lowest BCUT2D eigenvalue weighted by Gasteiger charge is -2.34. The van der Waals surface area contributed by atoms with Gasteiger partial charge < -0.3 is 15.7 Å².